The van der Waals surface area contributed by atoms with Crippen LogP contribution in [0.2, 0.25) is 0 Å². The number of piperidine rings is 1. The van der Waals surface area contributed by atoms with Crippen LogP contribution in [0.25, 0.3) is 0 Å². The Balaban J connectivity index is 2.45. The van der Waals surface area contributed by atoms with Gasteiger partial charge < -0.3 is 15.4 Å². The molecule has 1 fully saturated rings. The highest BCUT2D eigenvalue weighted by Crippen LogP contribution is 2.21. The first-order valence-electron chi connectivity index (χ1n) is 6.62. The zero-order valence-corrected chi connectivity index (χ0v) is 11.4. The summed E-state index contributed by atoms with van der Waals surface area (Å²) in [6, 6.07) is 0.664. The molecule has 0 aliphatic carbocycles. The van der Waals surface area contributed by atoms with E-state index in [2.05, 4.69) is 11.8 Å². The van der Waals surface area contributed by atoms with Crippen molar-refractivity contribution in [1.82, 2.24) is 4.90 Å². The standard InChI is InChI=1S/C13H26N2O2/c1-4-11-7-5-6-9-15(11)10-8-13(2,14)12(16)17-3/h11H,4-10,14H2,1-3H3. The molecule has 1 aliphatic heterocycles. The van der Waals surface area contributed by atoms with Crippen molar-refractivity contribution in [3.8, 4) is 0 Å². The van der Waals surface area contributed by atoms with Gasteiger partial charge in [-0.3, -0.25) is 4.79 Å². The summed E-state index contributed by atoms with van der Waals surface area (Å²) in [7, 11) is 1.39. The summed E-state index contributed by atoms with van der Waals surface area (Å²) in [5.41, 5.74) is 5.12. The highest BCUT2D eigenvalue weighted by Gasteiger charge is 2.31. The number of nitrogens with zero attached hydrogens (tertiary/aromatic N) is 1. The first-order valence-corrected chi connectivity index (χ1v) is 6.62. The number of esters is 1. The van der Waals surface area contributed by atoms with E-state index in [9.17, 15) is 4.79 Å². The molecule has 4 heteroatoms. The predicted octanol–water partition coefficient (Wildman–Crippen LogP) is 1.53. The van der Waals surface area contributed by atoms with Crippen LogP contribution in [0.5, 0.6) is 0 Å². The number of nitrogens with two attached hydrogens (primary N) is 1. The van der Waals surface area contributed by atoms with E-state index in [1.54, 1.807) is 6.92 Å². The summed E-state index contributed by atoms with van der Waals surface area (Å²) in [5, 5.41) is 0. The normalized spacial score (nSPS) is 25.3. The molecule has 2 atom stereocenters. The van der Waals surface area contributed by atoms with Crippen molar-refractivity contribution in [2.45, 2.75) is 57.5 Å². The second kappa shape index (κ2) is 6.36. The molecule has 2 N–H and O–H groups in total. The third-order valence-corrected chi connectivity index (χ3v) is 3.79. The summed E-state index contributed by atoms with van der Waals surface area (Å²) in [6.07, 6.45) is 5.70. The largest absolute Gasteiger partial charge is 0.468 e. The number of ether oxygens (including phenoxy) is 1. The van der Waals surface area contributed by atoms with E-state index in [-0.39, 0.29) is 5.97 Å². The Hall–Kier alpha value is -0.610. The molecule has 2 unspecified atom stereocenters. The summed E-state index contributed by atoms with van der Waals surface area (Å²) in [4.78, 5) is 14.0. The zero-order valence-electron chi connectivity index (χ0n) is 11.4. The van der Waals surface area contributed by atoms with Gasteiger partial charge in [0.15, 0.2) is 0 Å². The van der Waals surface area contributed by atoms with Gasteiger partial charge in [0.05, 0.1) is 7.11 Å². The Bertz CT molecular complexity index is 254. The van der Waals surface area contributed by atoms with Crippen LogP contribution in [0.1, 0.15) is 46.0 Å². The second-order valence-electron chi connectivity index (χ2n) is 5.25. The van der Waals surface area contributed by atoms with Crippen LogP contribution in [0, 0.1) is 0 Å². The van der Waals surface area contributed by atoms with E-state index < -0.39 is 5.54 Å². The van der Waals surface area contributed by atoms with Gasteiger partial charge in [-0.25, -0.2) is 0 Å². The number of carbonyl (C=O) groups is 1. The predicted molar refractivity (Wildman–Crippen MR) is 68.7 cm³/mol. The second-order valence-corrected chi connectivity index (χ2v) is 5.25. The molecule has 0 aromatic heterocycles. The quantitative estimate of drug-likeness (QED) is 0.743. The summed E-state index contributed by atoms with van der Waals surface area (Å²) < 4.78 is 4.73. The van der Waals surface area contributed by atoms with Crippen LogP contribution < -0.4 is 5.73 Å². The Morgan fingerprint density at radius 2 is 2.24 bits per heavy atom. The first kappa shape index (κ1) is 14.5. The van der Waals surface area contributed by atoms with Gasteiger partial charge in [-0.15, -0.1) is 0 Å². The van der Waals surface area contributed by atoms with Crippen molar-refractivity contribution in [1.29, 1.82) is 0 Å². The van der Waals surface area contributed by atoms with Gasteiger partial charge in [-0.05, 0) is 39.2 Å². The molecule has 0 radical (unpaired) electrons. The summed E-state index contributed by atoms with van der Waals surface area (Å²) >= 11 is 0. The van der Waals surface area contributed by atoms with E-state index >= 15 is 0 Å². The minimum atomic E-state index is -0.857. The highest BCUT2D eigenvalue weighted by molar-refractivity contribution is 5.79. The molecular formula is C13H26N2O2. The first-order chi connectivity index (χ1) is 8.01. The van der Waals surface area contributed by atoms with Gasteiger partial charge >= 0.3 is 5.97 Å². The van der Waals surface area contributed by atoms with Crippen LogP contribution in [-0.4, -0.2) is 42.6 Å². The molecule has 100 valence electrons. The van der Waals surface area contributed by atoms with Crippen LogP contribution in [0.4, 0.5) is 0 Å². The van der Waals surface area contributed by atoms with Crippen LogP contribution in [0.3, 0.4) is 0 Å². The van der Waals surface area contributed by atoms with E-state index in [1.807, 2.05) is 0 Å². The lowest BCUT2D eigenvalue weighted by molar-refractivity contribution is -0.146. The number of rotatable bonds is 5. The van der Waals surface area contributed by atoms with Crippen LogP contribution in [0.15, 0.2) is 0 Å². The van der Waals surface area contributed by atoms with Crippen LogP contribution in [-0.2, 0) is 9.53 Å². The zero-order chi connectivity index (χ0) is 12.9. The Labute approximate surface area is 104 Å². The monoisotopic (exact) mass is 242 g/mol. The number of hydrogen-bond acceptors (Lipinski definition) is 4. The van der Waals surface area contributed by atoms with Crippen molar-refractivity contribution in [2.24, 2.45) is 5.73 Å². The van der Waals surface area contributed by atoms with Crippen LogP contribution >= 0.6 is 0 Å². The molecule has 0 aromatic carbocycles. The molecule has 0 saturated carbocycles. The Morgan fingerprint density at radius 1 is 1.53 bits per heavy atom. The van der Waals surface area contributed by atoms with E-state index in [0.717, 1.165) is 13.1 Å². The van der Waals surface area contributed by atoms with Crippen molar-refractivity contribution >= 4 is 5.97 Å². The van der Waals surface area contributed by atoms with Crippen molar-refractivity contribution in [3.63, 3.8) is 0 Å². The summed E-state index contributed by atoms with van der Waals surface area (Å²) in [6.45, 7) is 6.00. The van der Waals surface area contributed by atoms with Crippen molar-refractivity contribution in [3.05, 3.63) is 0 Å². The minimum Gasteiger partial charge on any atom is -0.468 e. The fraction of sp³-hybridized carbons (Fsp3) is 0.923. The smallest absolute Gasteiger partial charge is 0.325 e. The number of hydrogen-bond donors (Lipinski definition) is 1. The fourth-order valence-electron chi connectivity index (χ4n) is 2.53. The Kier molecular flexibility index (Phi) is 5.40. The lowest BCUT2D eigenvalue weighted by atomic mass is 9.95. The highest BCUT2D eigenvalue weighted by atomic mass is 16.5. The maximum absolute atomic E-state index is 11.5. The molecule has 1 heterocycles. The van der Waals surface area contributed by atoms with E-state index in [4.69, 9.17) is 10.5 Å². The van der Waals surface area contributed by atoms with E-state index in [0.29, 0.717) is 12.5 Å². The summed E-state index contributed by atoms with van der Waals surface area (Å²) in [5.74, 6) is -0.317. The average molecular weight is 242 g/mol. The fourth-order valence-corrected chi connectivity index (χ4v) is 2.53. The lowest BCUT2D eigenvalue weighted by Gasteiger charge is -2.36. The molecular weight excluding hydrogens is 216 g/mol. The maximum Gasteiger partial charge on any atom is 0.325 e. The van der Waals surface area contributed by atoms with Gasteiger partial charge in [-0.2, -0.15) is 0 Å². The third kappa shape index (κ3) is 3.96. The van der Waals surface area contributed by atoms with Crippen molar-refractivity contribution in [2.75, 3.05) is 20.2 Å². The van der Waals surface area contributed by atoms with Gasteiger partial charge in [0.2, 0.25) is 0 Å². The maximum atomic E-state index is 11.5. The molecule has 1 saturated heterocycles. The molecule has 0 amide bonds. The molecule has 0 spiro atoms. The Morgan fingerprint density at radius 3 is 2.82 bits per heavy atom. The van der Waals surface area contributed by atoms with Gasteiger partial charge in [0.25, 0.3) is 0 Å². The molecule has 4 nitrogen and oxygen atoms in total. The number of methoxy groups -OCH3 is 1. The lowest BCUT2D eigenvalue weighted by Crippen LogP contribution is -2.50. The topological polar surface area (TPSA) is 55.6 Å². The average Bonchev–Trinajstić information content (AvgIpc) is 2.35. The molecule has 1 rings (SSSR count). The SMILES string of the molecule is CCC1CCCCN1CCC(C)(N)C(=O)OC. The molecule has 17 heavy (non-hydrogen) atoms. The minimum absolute atomic E-state index is 0.317. The molecule has 0 bridgehead atoms. The van der Waals surface area contributed by atoms with Gasteiger partial charge in [0, 0.05) is 12.6 Å². The van der Waals surface area contributed by atoms with Gasteiger partial charge in [-0.1, -0.05) is 13.3 Å². The van der Waals surface area contributed by atoms with Gasteiger partial charge in [0.1, 0.15) is 5.54 Å². The number of likely N-dealkylation sites (tertiary alicyclic amines) is 1. The molecule has 1 aliphatic rings. The van der Waals surface area contributed by atoms with E-state index in [1.165, 1.54) is 32.8 Å². The number of carbonyl (C=O) groups excluding carboxylic acids is 1. The molecule has 0 aromatic rings. The van der Waals surface area contributed by atoms with Crippen molar-refractivity contribution < 1.29 is 9.53 Å². The third-order valence-electron chi connectivity index (χ3n) is 3.79.